The Hall–Kier alpha value is 0.308. The van der Waals surface area contributed by atoms with E-state index in [2.05, 4.69) is 114 Å². The van der Waals surface area contributed by atoms with Crippen LogP contribution in [0.4, 0.5) is 0 Å². The van der Waals surface area contributed by atoms with E-state index >= 15 is 0 Å². The number of aromatic nitrogens is 2. The fraction of sp³-hybridized carbons (Fsp3) is 0.188. The molecule has 0 radical (unpaired) electrons. The number of rotatable bonds is 2. The summed E-state index contributed by atoms with van der Waals surface area (Å²) in [7, 11) is 4.18. The number of aryl methyl sites for hydroxylation is 2. The van der Waals surface area contributed by atoms with Crippen LogP contribution >= 0.6 is 57.3 Å². The molecular weight excluding hydrogens is 719 g/mol. The molecule has 0 spiro atoms. The summed E-state index contributed by atoms with van der Waals surface area (Å²) in [6.07, 6.45) is 0. The van der Waals surface area contributed by atoms with Crippen molar-refractivity contribution < 1.29 is 19.4 Å². The molecule has 0 N–H and O–H groups in total. The maximum absolute atomic E-state index is 5.73. The predicted octanol–water partition coefficient (Wildman–Crippen LogP) is 5.44. The summed E-state index contributed by atoms with van der Waals surface area (Å²) in [6.45, 7) is 0.943. The van der Waals surface area contributed by atoms with Crippen LogP contribution in [-0.4, -0.2) is 10.5 Å². The average molecular weight is 735 g/mol. The summed E-state index contributed by atoms with van der Waals surface area (Å²) in [5.74, 6) is 0. The van der Waals surface area contributed by atoms with Crippen molar-refractivity contribution in [3.8, 4) is 0 Å². The first-order valence-corrected chi connectivity index (χ1v) is 10.2. The molecule has 2 aromatic carbocycles. The predicted molar refractivity (Wildman–Crippen MR) is 110 cm³/mol. The van der Waals surface area contributed by atoms with E-state index in [9.17, 15) is 0 Å². The third-order valence-electron chi connectivity index (χ3n) is 3.33. The van der Waals surface area contributed by atoms with Crippen LogP contribution < -0.4 is 0 Å². The van der Waals surface area contributed by atoms with Gasteiger partial charge >= 0.3 is 81.7 Å². The zero-order chi connectivity index (χ0) is 17.0. The molecule has 7 heteroatoms. The van der Waals surface area contributed by atoms with Gasteiger partial charge < -0.3 is 0 Å². The van der Waals surface area contributed by atoms with E-state index in [-0.39, 0.29) is 0 Å². The van der Waals surface area contributed by atoms with Crippen LogP contribution in [-0.2, 0) is 40.0 Å². The van der Waals surface area contributed by atoms with E-state index in [1.807, 2.05) is 24.3 Å². The second kappa shape index (κ2) is 9.13. The van der Waals surface area contributed by atoms with Crippen molar-refractivity contribution in [1.29, 1.82) is 0 Å². The zero-order valence-electron chi connectivity index (χ0n) is 12.6. The van der Waals surface area contributed by atoms with Gasteiger partial charge in [0.2, 0.25) is 0 Å². The van der Waals surface area contributed by atoms with Gasteiger partial charge in [0.15, 0.2) is 0 Å². The number of hydrogen-bond donors (Lipinski definition) is 0. The van der Waals surface area contributed by atoms with E-state index in [0.29, 0.717) is 0 Å². The van der Waals surface area contributed by atoms with Gasteiger partial charge in [0.1, 0.15) is 0 Å². The number of imidazole rings is 1. The standard InChI is InChI=1S/C9H10N2.C7H6ClI2N.Pt/c1-10-7-11(2)9-6-4-3-5-8(9)10;8-7-3-1-6(2-4-7)5-11(9)10;/h3-6H,1-2H3;1-4H,5H2;. The van der Waals surface area contributed by atoms with E-state index < -0.39 is 0 Å². The topological polar surface area (TPSA) is 13.1 Å². The molecule has 0 unspecified atom stereocenters. The van der Waals surface area contributed by atoms with Crippen LogP contribution in [0.15, 0.2) is 48.5 Å². The van der Waals surface area contributed by atoms with Crippen LogP contribution in [0.25, 0.3) is 11.0 Å². The minimum atomic E-state index is 0.794. The molecule has 3 rings (SSSR count). The first-order chi connectivity index (χ1) is 10.9. The molecule has 0 aliphatic rings. The molecule has 1 heterocycles. The van der Waals surface area contributed by atoms with Crippen LogP contribution in [0, 0.1) is 3.80 Å². The number of para-hydroxylation sites is 2. The molecule has 3 aromatic rings. The van der Waals surface area contributed by atoms with Crippen molar-refractivity contribution >= 4 is 68.4 Å². The van der Waals surface area contributed by atoms with Gasteiger partial charge in [0, 0.05) is 57.3 Å². The van der Waals surface area contributed by atoms with Gasteiger partial charge in [-0.15, -0.1) is 0 Å². The van der Waals surface area contributed by atoms with Gasteiger partial charge in [-0.25, -0.2) is 0 Å². The molecule has 3 nitrogen and oxygen atoms in total. The molecular formula is C16H16ClI2N3Pt. The fourth-order valence-electron chi connectivity index (χ4n) is 2.17. The van der Waals surface area contributed by atoms with E-state index in [1.54, 1.807) is 0 Å². The van der Waals surface area contributed by atoms with Gasteiger partial charge in [-0.2, -0.15) is 1.33 Å². The van der Waals surface area contributed by atoms with Crippen LogP contribution in [0.1, 0.15) is 5.56 Å². The Morgan fingerprint density at radius 1 is 0.957 bits per heavy atom. The number of halogens is 3. The summed E-state index contributed by atoms with van der Waals surface area (Å²) in [5, 5.41) is 0.794. The Morgan fingerprint density at radius 3 is 1.87 bits per heavy atom. The molecule has 0 saturated carbocycles. The van der Waals surface area contributed by atoms with Gasteiger partial charge in [0.25, 0.3) is 0 Å². The molecule has 1 aromatic heterocycles. The van der Waals surface area contributed by atoms with Crippen molar-refractivity contribution in [2.24, 2.45) is 14.1 Å². The molecule has 0 aliphatic carbocycles. The zero-order valence-corrected chi connectivity index (χ0v) is 20.0. The van der Waals surface area contributed by atoms with Crippen LogP contribution in [0.5, 0.6) is 0 Å². The van der Waals surface area contributed by atoms with E-state index in [1.165, 1.54) is 20.4 Å². The number of fused-ring (bicyclic) bond motifs is 1. The Kier molecular flexibility index (Phi) is 7.79. The summed E-state index contributed by atoms with van der Waals surface area (Å²) >= 11 is 12.5. The number of nitrogens with zero attached hydrogens (tertiary/aromatic N) is 3. The molecule has 23 heavy (non-hydrogen) atoms. The minimum absolute atomic E-state index is 0.794. The summed E-state index contributed by atoms with van der Waals surface area (Å²) < 4.78 is 7.70. The first kappa shape index (κ1) is 19.6. The van der Waals surface area contributed by atoms with Gasteiger partial charge in [0.05, 0.1) is 0 Å². The second-order valence-electron chi connectivity index (χ2n) is 4.94. The first-order valence-electron chi connectivity index (χ1n) is 6.79. The van der Waals surface area contributed by atoms with Crippen LogP contribution in [0.2, 0.25) is 5.02 Å². The third-order valence-corrected chi connectivity index (χ3v) is 5.79. The molecule has 126 valence electrons. The average Bonchev–Trinajstić information content (AvgIpc) is 2.75. The Bertz CT molecular complexity index is 799. The molecule has 0 atom stereocenters. The molecule has 0 aliphatic heterocycles. The van der Waals surface area contributed by atoms with E-state index in [0.717, 1.165) is 11.6 Å². The molecule has 0 fully saturated rings. The monoisotopic (exact) mass is 734 g/mol. The van der Waals surface area contributed by atoms with Gasteiger partial charge in [-0.1, -0.05) is 23.7 Å². The second-order valence-corrected chi connectivity index (χ2v) is 10.6. The quantitative estimate of drug-likeness (QED) is 0.253. The normalized spacial score (nSPS) is 10.8. The summed E-state index contributed by atoms with van der Waals surface area (Å²) in [5.41, 5.74) is 3.84. The Morgan fingerprint density at radius 2 is 1.43 bits per heavy atom. The van der Waals surface area contributed by atoms with Gasteiger partial charge in [-0.3, -0.25) is 0 Å². The van der Waals surface area contributed by atoms with Crippen molar-refractivity contribution in [3.05, 3.63) is 62.9 Å². The van der Waals surface area contributed by atoms with Gasteiger partial charge in [-0.05, 0) is 17.7 Å². The van der Waals surface area contributed by atoms with E-state index in [4.69, 9.17) is 11.6 Å². The molecule has 0 saturated heterocycles. The van der Waals surface area contributed by atoms with Crippen molar-refractivity contribution in [1.82, 2.24) is 10.5 Å². The molecule has 0 amide bonds. The van der Waals surface area contributed by atoms with Crippen molar-refractivity contribution in [2.45, 2.75) is 6.54 Å². The number of hydrogen-bond acceptors (Lipinski definition) is 1. The molecule has 0 bridgehead atoms. The number of benzene rings is 2. The van der Waals surface area contributed by atoms with Crippen molar-refractivity contribution in [2.75, 3.05) is 0 Å². The Labute approximate surface area is 180 Å². The van der Waals surface area contributed by atoms with Crippen molar-refractivity contribution in [3.63, 3.8) is 0 Å². The Balaban J connectivity index is 0.000000168. The fourth-order valence-corrected chi connectivity index (χ4v) is 3.63. The van der Waals surface area contributed by atoms with Crippen LogP contribution in [0.3, 0.4) is 0 Å². The summed E-state index contributed by atoms with van der Waals surface area (Å²) in [6, 6.07) is 16.3. The summed E-state index contributed by atoms with van der Waals surface area (Å²) in [4.78, 5) is 0. The maximum atomic E-state index is 5.73. The SMILES string of the molecule is Clc1ccc(CN(I)I)cc1.Cn1[c](=[Pt])n(C)c2ccccc21. The third kappa shape index (κ3) is 5.39.